The van der Waals surface area contributed by atoms with Gasteiger partial charge < -0.3 is 0 Å². The highest BCUT2D eigenvalue weighted by atomic mass is 19.3. The molecule has 0 N–H and O–H groups in total. The van der Waals surface area contributed by atoms with E-state index in [0.29, 0.717) is 0 Å². The van der Waals surface area contributed by atoms with Crippen molar-refractivity contribution in [1.82, 2.24) is 10.2 Å². The number of halogens is 3. The van der Waals surface area contributed by atoms with E-state index >= 15 is 0 Å². The molecule has 12 heavy (non-hydrogen) atoms. The number of alkyl halides is 2. The Morgan fingerprint density at radius 1 is 1.17 bits per heavy atom. The zero-order chi connectivity index (χ0) is 8.98. The third kappa shape index (κ3) is 0.795. The Labute approximate surface area is 69.6 Å². The lowest BCUT2D eigenvalue weighted by Crippen LogP contribution is -2.64. The second kappa shape index (κ2) is 2.17. The van der Waals surface area contributed by atoms with Gasteiger partial charge in [0.25, 0.3) is 0 Å². The topological polar surface area (TPSA) is 6.48 Å². The van der Waals surface area contributed by atoms with Crippen molar-refractivity contribution >= 4 is 7.85 Å². The fourth-order valence-electron chi connectivity index (χ4n) is 1.73. The minimum atomic E-state index is -3.54. The van der Waals surface area contributed by atoms with Crippen molar-refractivity contribution in [2.75, 3.05) is 13.1 Å². The van der Waals surface area contributed by atoms with Crippen LogP contribution in [0.5, 0.6) is 0 Å². The summed E-state index contributed by atoms with van der Waals surface area (Å²) in [6.07, 6.45) is 0.306. The van der Waals surface area contributed by atoms with Crippen LogP contribution in [-0.4, -0.2) is 37.2 Å². The van der Waals surface area contributed by atoms with Gasteiger partial charge in [0.1, 0.15) is 0 Å². The molecule has 0 atom stereocenters. The fourth-order valence-corrected chi connectivity index (χ4v) is 1.73. The summed E-state index contributed by atoms with van der Waals surface area (Å²) in [5.41, 5.74) is 0. The van der Waals surface area contributed by atoms with Crippen LogP contribution >= 0.6 is 0 Å². The lowest BCUT2D eigenvalue weighted by atomic mass is 9.60. The molecule has 0 aliphatic carbocycles. The Kier molecular flexibility index (Phi) is 1.52. The molecule has 0 aromatic rings. The average molecular weight is 176 g/mol. The van der Waals surface area contributed by atoms with Gasteiger partial charge in [-0.1, -0.05) is 0 Å². The van der Waals surface area contributed by atoms with E-state index < -0.39 is 16.6 Å². The quantitative estimate of drug-likeness (QED) is 0.310. The molecule has 66 valence electrons. The third-order valence-corrected chi connectivity index (χ3v) is 2.71. The van der Waals surface area contributed by atoms with Crippen molar-refractivity contribution in [2.24, 2.45) is 0 Å². The zero-order valence-corrected chi connectivity index (χ0v) is 6.43. The van der Waals surface area contributed by atoms with E-state index in [-0.39, 0.29) is 25.9 Å². The van der Waals surface area contributed by atoms with Crippen molar-refractivity contribution in [3.8, 4) is 0 Å². The van der Waals surface area contributed by atoms with E-state index in [1.165, 1.54) is 0 Å². The lowest BCUT2D eigenvalue weighted by Gasteiger charge is -2.54. The molecule has 0 aromatic heterocycles. The van der Waals surface area contributed by atoms with E-state index in [4.69, 9.17) is 7.85 Å². The summed E-state index contributed by atoms with van der Waals surface area (Å²) >= 11 is 0. The molecule has 0 saturated carbocycles. The maximum absolute atomic E-state index is 13.1. The molecular formula is C6H8BF3N2. The van der Waals surface area contributed by atoms with Gasteiger partial charge >= 0.3 is 6.05 Å². The van der Waals surface area contributed by atoms with E-state index in [9.17, 15) is 13.3 Å². The van der Waals surface area contributed by atoms with Gasteiger partial charge in [0.15, 0.2) is 0 Å². The van der Waals surface area contributed by atoms with Crippen LogP contribution in [0.25, 0.3) is 0 Å². The molecule has 2 radical (unpaired) electrons. The van der Waals surface area contributed by atoms with Crippen molar-refractivity contribution in [3.63, 3.8) is 0 Å². The Morgan fingerprint density at radius 3 is 2.00 bits per heavy atom. The predicted molar refractivity (Wildman–Crippen MR) is 37.1 cm³/mol. The normalized spacial score (nSPS) is 46.4. The van der Waals surface area contributed by atoms with Gasteiger partial charge in [-0.15, -0.1) is 4.48 Å². The minimum Gasteiger partial charge on any atom is -0.208 e. The van der Waals surface area contributed by atoms with Crippen LogP contribution in [0.1, 0.15) is 12.8 Å². The zero-order valence-electron chi connectivity index (χ0n) is 6.43. The summed E-state index contributed by atoms with van der Waals surface area (Å²) in [7, 11) is 5.41. The highest BCUT2D eigenvalue weighted by molar-refractivity contribution is 6.16. The third-order valence-electron chi connectivity index (χ3n) is 2.71. The molecule has 0 unspecified atom stereocenters. The minimum absolute atomic E-state index is 0.153. The van der Waals surface area contributed by atoms with Crippen LogP contribution in [0.15, 0.2) is 0 Å². The van der Waals surface area contributed by atoms with E-state index in [1.54, 1.807) is 0 Å². The van der Waals surface area contributed by atoms with Gasteiger partial charge in [0.2, 0.25) is 0 Å². The number of fused-ring (bicyclic) bond motifs is 3. The van der Waals surface area contributed by atoms with E-state index in [1.807, 2.05) is 0 Å². The first kappa shape index (κ1) is 8.38. The molecule has 2 bridgehead atoms. The van der Waals surface area contributed by atoms with Gasteiger partial charge in [-0.25, -0.2) is 5.01 Å². The molecule has 3 rings (SSSR count). The molecule has 3 saturated heterocycles. The van der Waals surface area contributed by atoms with Gasteiger partial charge in [-0.3, -0.25) is 0 Å². The van der Waals surface area contributed by atoms with Crippen LogP contribution in [-0.2, 0) is 0 Å². The number of nitrogens with zero attached hydrogens (tertiary/aromatic N) is 2. The van der Waals surface area contributed by atoms with E-state index in [2.05, 4.69) is 0 Å². The molecule has 3 aliphatic rings. The Bertz CT molecular complexity index is 200. The summed E-state index contributed by atoms with van der Waals surface area (Å²) in [6.45, 7) is 0.561. The number of rotatable bonds is 0. The first-order valence-corrected chi connectivity index (χ1v) is 3.85. The van der Waals surface area contributed by atoms with E-state index in [0.717, 1.165) is 5.01 Å². The van der Waals surface area contributed by atoms with Crippen LogP contribution in [0.2, 0.25) is 5.31 Å². The van der Waals surface area contributed by atoms with Crippen molar-refractivity contribution < 1.29 is 13.3 Å². The van der Waals surface area contributed by atoms with Crippen LogP contribution in [0, 0.1) is 0 Å². The van der Waals surface area contributed by atoms with Crippen molar-refractivity contribution in [2.45, 2.75) is 24.2 Å². The molecule has 0 amide bonds. The molecule has 0 spiro atoms. The monoisotopic (exact) mass is 176 g/mol. The Hall–Kier alpha value is -0.225. The fraction of sp³-hybridized carbons (Fsp3) is 1.00. The van der Waals surface area contributed by atoms with Crippen molar-refractivity contribution in [3.05, 3.63) is 0 Å². The summed E-state index contributed by atoms with van der Waals surface area (Å²) < 4.78 is 39.0. The Morgan fingerprint density at radius 2 is 1.67 bits per heavy atom. The largest absolute Gasteiger partial charge is 0.340 e. The van der Waals surface area contributed by atoms with Gasteiger partial charge in [-0.2, -0.15) is 8.78 Å². The van der Waals surface area contributed by atoms with Crippen LogP contribution < -0.4 is 0 Å². The molecule has 6 heteroatoms. The molecule has 3 aliphatic heterocycles. The molecule has 0 aromatic carbocycles. The smallest absolute Gasteiger partial charge is 0.208 e. The maximum Gasteiger partial charge on any atom is 0.340 e. The maximum atomic E-state index is 13.1. The lowest BCUT2D eigenvalue weighted by molar-refractivity contribution is -0.388. The first-order valence-electron chi connectivity index (χ1n) is 3.85. The number of hydrogen-bond donors (Lipinski definition) is 0. The summed E-state index contributed by atoms with van der Waals surface area (Å²) in [5.74, 6) is 0. The molecule has 3 fully saturated rings. The van der Waals surface area contributed by atoms with Crippen LogP contribution in [0.3, 0.4) is 0 Å². The van der Waals surface area contributed by atoms with Crippen molar-refractivity contribution in [1.29, 1.82) is 0 Å². The molecular weight excluding hydrogens is 168 g/mol. The van der Waals surface area contributed by atoms with Gasteiger partial charge in [-0.05, 0) is 18.1 Å². The summed E-state index contributed by atoms with van der Waals surface area (Å²) in [6, 6.07) is -3.54. The SMILES string of the molecule is [B]C12CCN(CC1)N(F)C2(F)F. The van der Waals surface area contributed by atoms with Gasteiger partial charge in [0, 0.05) is 18.4 Å². The molecule has 3 heterocycles. The number of hydrazine groups is 1. The van der Waals surface area contributed by atoms with Crippen LogP contribution in [0.4, 0.5) is 13.3 Å². The summed E-state index contributed by atoms with van der Waals surface area (Å²) in [5, 5.41) is -1.19. The highest BCUT2D eigenvalue weighted by Gasteiger charge is 2.62. The average Bonchev–Trinajstić information content (AvgIpc) is 2.02. The second-order valence-electron chi connectivity index (χ2n) is 3.41. The molecule has 2 nitrogen and oxygen atoms in total. The standard InChI is InChI=1S/C6H8BF3N2/c7-5-1-3-11(4-2-5)12(10)6(5,8)9/h1-4H2. The van der Waals surface area contributed by atoms with Gasteiger partial charge in [0.05, 0.1) is 7.85 Å². The first-order chi connectivity index (χ1) is 5.47. The number of hydrogen-bond acceptors (Lipinski definition) is 2. The Balaban J connectivity index is 2.34. The highest BCUT2D eigenvalue weighted by Crippen LogP contribution is 2.55. The number of piperidine rings is 1. The second-order valence-corrected chi connectivity index (χ2v) is 3.41. The summed E-state index contributed by atoms with van der Waals surface area (Å²) in [4.78, 5) is 0. The predicted octanol–water partition coefficient (Wildman–Crippen LogP) is 1.12.